The zero-order chi connectivity index (χ0) is 11.1. The van der Waals surface area contributed by atoms with Gasteiger partial charge in [-0.2, -0.15) is 0 Å². The molecule has 0 saturated carbocycles. The molecule has 0 aliphatic rings. The van der Waals surface area contributed by atoms with Crippen LogP contribution >= 0.6 is 27.3 Å². The summed E-state index contributed by atoms with van der Waals surface area (Å²) in [6, 6.07) is 6.28. The van der Waals surface area contributed by atoms with Crippen molar-refractivity contribution in [2.75, 3.05) is 0 Å². The van der Waals surface area contributed by atoms with E-state index in [4.69, 9.17) is 0 Å². The fourth-order valence-electron chi connectivity index (χ4n) is 1.49. The van der Waals surface area contributed by atoms with Crippen LogP contribution in [0.3, 0.4) is 0 Å². The highest BCUT2D eigenvalue weighted by Crippen LogP contribution is 2.25. The highest BCUT2D eigenvalue weighted by atomic mass is 79.9. The quantitative estimate of drug-likeness (QED) is 0.689. The van der Waals surface area contributed by atoms with Gasteiger partial charge >= 0.3 is 0 Å². The molecule has 0 N–H and O–H groups in total. The van der Waals surface area contributed by atoms with Crippen LogP contribution in [0.4, 0.5) is 4.39 Å². The first-order valence-corrected chi connectivity index (χ1v) is 6.11. The van der Waals surface area contributed by atoms with Crippen molar-refractivity contribution in [2.45, 2.75) is 0 Å². The Bertz CT molecular complexity index is 644. The predicted octanol–water partition coefficient (Wildman–Crippen LogP) is 3.36. The molecule has 3 nitrogen and oxygen atoms in total. The Morgan fingerprint density at radius 3 is 2.75 bits per heavy atom. The first kappa shape index (κ1) is 9.92. The number of hydrogen-bond donors (Lipinski definition) is 0. The molecule has 0 aliphatic carbocycles. The van der Waals surface area contributed by atoms with Crippen molar-refractivity contribution < 1.29 is 4.39 Å². The SMILES string of the molecule is Fc1ccc(-c2cnc3sc(Br)nn23)cc1. The molecule has 6 heteroatoms. The van der Waals surface area contributed by atoms with Crippen molar-refractivity contribution in [2.24, 2.45) is 0 Å². The molecule has 3 aromatic rings. The predicted molar refractivity (Wildman–Crippen MR) is 64.0 cm³/mol. The van der Waals surface area contributed by atoms with Gasteiger partial charge in [0.05, 0.1) is 11.9 Å². The van der Waals surface area contributed by atoms with Crippen molar-refractivity contribution in [3.63, 3.8) is 0 Å². The first-order chi connectivity index (χ1) is 7.74. The van der Waals surface area contributed by atoms with Crippen LogP contribution in [0.1, 0.15) is 0 Å². The molecule has 0 unspecified atom stereocenters. The maximum atomic E-state index is 12.8. The molecule has 0 aliphatic heterocycles. The Morgan fingerprint density at radius 1 is 1.25 bits per heavy atom. The van der Waals surface area contributed by atoms with E-state index in [2.05, 4.69) is 26.0 Å². The first-order valence-electron chi connectivity index (χ1n) is 4.50. The number of rotatable bonds is 1. The molecule has 2 heterocycles. The summed E-state index contributed by atoms with van der Waals surface area (Å²) in [6.07, 6.45) is 1.73. The van der Waals surface area contributed by atoms with Crippen LogP contribution in [0.25, 0.3) is 16.2 Å². The minimum Gasteiger partial charge on any atom is -0.225 e. The molecule has 0 spiro atoms. The van der Waals surface area contributed by atoms with Gasteiger partial charge in [-0.25, -0.2) is 13.9 Å². The second-order valence-electron chi connectivity index (χ2n) is 3.20. The van der Waals surface area contributed by atoms with Crippen molar-refractivity contribution in [3.8, 4) is 11.3 Å². The minimum absolute atomic E-state index is 0.246. The van der Waals surface area contributed by atoms with Gasteiger partial charge in [-0.1, -0.05) is 11.3 Å². The van der Waals surface area contributed by atoms with Crippen LogP contribution in [0.5, 0.6) is 0 Å². The van der Waals surface area contributed by atoms with E-state index in [1.165, 1.54) is 23.5 Å². The summed E-state index contributed by atoms with van der Waals surface area (Å²) >= 11 is 4.76. The van der Waals surface area contributed by atoms with Gasteiger partial charge in [-0.15, -0.1) is 5.10 Å². The van der Waals surface area contributed by atoms with E-state index >= 15 is 0 Å². The van der Waals surface area contributed by atoms with Crippen LogP contribution < -0.4 is 0 Å². The highest BCUT2D eigenvalue weighted by Gasteiger charge is 2.09. The zero-order valence-corrected chi connectivity index (χ0v) is 10.3. The minimum atomic E-state index is -0.246. The van der Waals surface area contributed by atoms with E-state index in [0.29, 0.717) is 0 Å². The molecular weight excluding hydrogens is 293 g/mol. The summed E-state index contributed by atoms with van der Waals surface area (Å²) in [4.78, 5) is 5.04. The molecule has 3 rings (SSSR count). The molecule has 0 fully saturated rings. The van der Waals surface area contributed by atoms with E-state index in [-0.39, 0.29) is 5.82 Å². The third-order valence-electron chi connectivity index (χ3n) is 2.20. The Morgan fingerprint density at radius 2 is 2.00 bits per heavy atom. The van der Waals surface area contributed by atoms with Gasteiger partial charge in [-0.05, 0) is 40.2 Å². The summed E-state index contributed by atoms with van der Waals surface area (Å²) in [5.41, 5.74) is 1.75. The third-order valence-corrected chi connectivity index (χ3v) is 3.56. The third kappa shape index (κ3) is 1.54. The molecule has 0 bridgehead atoms. The number of aromatic nitrogens is 3. The van der Waals surface area contributed by atoms with Crippen LogP contribution in [0.15, 0.2) is 34.4 Å². The average molecular weight is 298 g/mol. The molecule has 0 saturated heterocycles. The van der Waals surface area contributed by atoms with Crippen LogP contribution in [0, 0.1) is 5.82 Å². The van der Waals surface area contributed by atoms with Gasteiger partial charge in [0, 0.05) is 5.56 Å². The highest BCUT2D eigenvalue weighted by molar-refractivity contribution is 9.11. The Labute approximate surface area is 103 Å². The van der Waals surface area contributed by atoms with E-state index in [1.54, 1.807) is 22.8 Å². The van der Waals surface area contributed by atoms with E-state index in [9.17, 15) is 4.39 Å². The second-order valence-corrected chi connectivity index (χ2v) is 5.43. The van der Waals surface area contributed by atoms with Gasteiger partial charge in [0.15, 0.2) is 3.92 Å². The van der Waals surface area contributed by atoms with Crippen molar-refractivity contribution in [1.29, 1.82) is 0 Å². The lowest BCUT2D eigenvalue weighted by atomic mass is 10.2. The molecule has 0 radical (unpaired) electrons. The van der Waals surface area contributed by atoms with Crippen LogP contribution in [-0.4, -0.2) is 14.6 Å². The fraction of sp³-hybridized carbons (Fsp3) is 0. The fourth-order valence-corrected chi connectivity index (χ4v) is 2.68. The Kier molecular flexibility index (Phi) is 2.26. The zero-order valence-electron chi connectivity index (χ0n) is 7.89. The number of imidazole rings is 1. The lowest BCUT2D eigenvalue weighted by molar-refractivity contribution is 0.628. The molecule has 16 heavy (non-hydrogen) atoms. The standard InChI is InChI=1S/C10H5BrFN3S/c11-9-14-15-8(5-13-10(15)16-9)6-1-3-7(12)4-2-6/h1-5H. The van der Waals surface area contributed by atoms with Gasteiger partial charge in [-0.3, -0.25) is 0 Å². The normalized spacial score (nSPS) is 11.1. The smallest absolute Gasteiger partial charge is 0.213 e. The number of hydrogen-bond acceptors (Lipinski definition) is 3. The van der Waals surface area contributed by atoms with Gasteiger partial charge in [0.2, 0.25) is 4.96 Å². The van der Waals surface area contributed by atoms with E-state index in [0.717, 1.165) is 20.1 Å². The van der Waals surface area contributed by atoms with Crippen molar-refractivity contribution in [1.82, 2.24) is 14.6 Å². The maximum Gasteiger partial charge on any atom is 0.213 e. The van der Waals surface area contributed by atoms with E-state index in [1.807, 2.05) is 0 Å². The number of halogens is 2. The summed E-state index contributed by atoms with van der Waals surface area (Å²) in [5.74, 6) is -0.246. The maximum absolute atomic E-state index is 12.8. The summed E-state index contributed by atoms with van der Waals surface area (Å²) in [5, 5.41) is 4.27. The molecular formula is C10H5BrFN3S. The summed E-state index contributed by atoms with van der Waals surface area (Å²) in [7, 11) is 0. The van der Waals surface area contributed by atoms with Gasteiger partial charge in [0.1, 0.15) is 5.82 Å². The largest absolute Gasteiger partial charge is 0.225 e. The van der Waals surface area contributed by atoms with Gasteiger partial charge < -0.3 is 0 Å². The number of fused-ring (bicyclic) bond motifs is 1. The number of nitrogens with zero attached hydrogens (tertiary/aromatic N) is 3. The van der Waals surface area contributed by atoms with Crippen LogP contribution in [-0.2, 0) is 0 Å². The molecule has 2 aromatic heterocycles. The lowest BCUT2D eigenvalue weighted by Crippen LogP contribution is -1.87. The molecule has 1 aromatic carbocycles. The van der Waals surface area contributed by atoms with E-state index < -0.39 is 0 Å². The monoisotopic (exact) mass is 297 g/mol. The topological polar surface area (TPSA) is 30.2 Å². The average Bonchev–Trinajstić information content (AvgIpc) is 2.78. The van der Waals surface area contributed by atoms with Crippen molar-refractivity contribution in [3.05, 3.63) is 40.2 Å². The Balaban J connectivity index is 2.21. The second kappa shape index (κ2) is 3.64. The molecule has 0 atom stereocenters. The lowest BCUT2D eigenvalue weighted by Gasteiger charge is -1.97. The number of benzene rings is 1. The van der Waals surface area contributed by atoms with Gasteiger partial charge in [0.25, 0.3) is 0 Å². The van der Waals surface area contributed by atoms with Crippen LogP contribution in [0.2, 0.25) is 0 Å². The summed E-state index contributed by atoms with van der Waals surface area (Å²) in [6.45, 7) is 0. The molecule has 0 amide bonds. The summed E-state index contributed by atoms with van der Waals surface area (Å²) < 4.78 is 15.3. The molecule has 80 valence electrons. The Hall–Kier alpha value is -1.27. The van der Waals surface area contributed by atoms with Crippen molar-refractivity contribution >= 4 is 32.2 Å².